The molecule has 2 aliphatic rings. The molecule has 1 aromatic rings. The second-order valence-corrected chi connectivity index (χ2v) is 4.72. The summed E-state index contributed by atoms with van der Waals surface area (Å²) in [5, 5.41) is 7.17. The van der Waals surface area contributed by atoms with Crippen LogP contribution < -0.4 is 5.32 Å². The molecule has 2 bridgehead atoms. The Morgan fingerprint density at radius 2 is 2.31 bits per heavy atom. The fraction of sp³-hybridized carbons (Fsp3) is 0.818. The second-order valence-electron chi connectivity index (χ2n) is 4.72. The summed E-state index contributed by atoms with van der Waals surface area (Å²) in [6.45, 7) is 2.01. The van der Waals surface area contributed by atoms with Gasteiger partial charge < -0.3 is 14.6 Å². The van der Waals surface area contributed by atoms with Crippen LogP contribution in [0.4, 0.5) is 0 Å². The van der Waals surface area contributed by atoms with Crippen LogP contribution in [0.2, 0.25) is 0 Å². The lowest BCUT2D eigenvalue weighted by Crippen LogP contribution is -2.16. The molecule has 2 fully saturated rings. The van der Waals surface area contributed by atoms with Crippen LogP contribution in [0.15, 0.2) is 4.52 Å². The minimum atomic E-state index is 0.112. The van der Waals surface area contributed by atoms with Crippen molar-refractivity contribution in [3.8, 4) is 0 Å². The molecular formula is C11H17N3O2. The first-order valence-corrected chi connectivity index (χ1v) is 5.94. The Kier molecular flexibility index (Phi) is 2.44. The van der Waals surface area contributed by atoms with Crippen molar-refractivity contribution in [2.45, 2.75) is 50.4 Å². The van der Waals surface area contributed by atoms with Gasteiger partial charge in [-0.15, -0.1) is 0 Å². The number of hydrogen-bond acceptors (Lipinski definition) is 5. The number of nitrogens with zero attached hydrogens (tertiary/aromatic N) is 2. The Balaban J connectivity index is 1.77. The highest BCUT2D eigenvalue weighted by Crippen LogP contribution is 2.43. The molecule has 0 radical (unpaired) electrons. The third-order valence-electron chi connectivity index (χ3n) is 3.70. The Morgan fingerprint density at radius 1 is 1.44 bits per heavy atom. The summed E-state index contributed by atoms with van der Waals surface area (Å²) >= 11 is 0. The SMILES string of the molecule is CNC(C)c1nc(C2CC3CCC2O3)no1. The molecule has 0 amide bonds. The molecule has 0 aliphatic carbocycles. The van der Waals surface area contributed by atoms with Gasteiger partial charge in [0.2, 0.25) is 5.89 Å². The highest BCUT2D eigenvalue weighted by atomic mass is 16.5. The van der Waals surface area contributed by atoms with Gasteiger partial charge in [0.1, 0.15) is 0 Å². The molecule has 4 unspecified atom stereocenters. The number of fused-ring (bicyclic) bond motifs is 2. The Labute approximate surface area is 94.6 Å². The molecule has 4 atom stereocenters. The van der Waals surface area contributed by atoms with Crippen LogP contribution in [0.1, 0.15) is 49.9 Å². The van der Waals surface area contributed by atoms with E-state index in [2.05, 4.69) is 15.5 Å². The normalized spacial score (nSPS) is 34.5. The van der Waals surface area contributed by atoms with Gasteiger partial charge in [0.05, 0.1) is 24.2 Å². The van der Waals surface area contributed by atoms with Crippen molar-refractivity contribution in [3.63, 3.8) is 0 Å². The minimum Gasteiger partial charge on any atom is -0.374 e. The predicted molar refractivity (Wildman–Crippen MR) is 57.0 cm³/mol. The van der Waals surface area contributed by atoms with E-state index in [0.29, 0.717) is 24.0 Å². The highest BCUT2D eigenvalue weighted by Gasteiger charge is 2.43. The van der Waals surface area contributed by atoms with Gasteiger partial charge in [-0.3, -0.25) is 0 Å². The van der Waals surface area contributed by atoms with Crippen LogP contribution in [0.3, 0.4) is 0 Å². The summed E-state index contributed by atoms with van der Waals surface area (Å²) in [5.41, 5.74) is 0. The summed E-state index contributed by atoms with van der Waals surface area (Å²) < 4.78 is 11.1. The molecule has 2 aliphatic heterocycles. The quantitative estimate of drug-likeness (QED) is 0.839. The lowest BCUT2D eigenvalue weighted by Gasteiger charge is -2.13. The van der Waals surface area contributed by atoms with Gasteiger partial charge in [0.25, 0.3) is 0 Å². The molecule has 2 saturated heterocycles. The summed E-state index contributed by atoms with van der Waals surface area (Å²) in [7, 11) is 1.88. The number of ether oxygens (including phenoxy) is 1. The van der Waals surface area contributed by atoms with Crippen LogP contribution in [0, 0.1) is 0 Å². The molecule has 0 aromatic carbocycles. The van der Waals surface area contributed by atoms with E-state index >= 15 is 0 Å². The first kappa shape index (κ1) is 10.2. The van der Waals surface area contributed by atoms with Gasteiger partial charge in [-0.2, -0.15) is 4.98 Å². The average Bonchev–Trinajstić information content (AvgIpc) is 3.02. The molecule has 3 rings (SSSR count). The molecule has 3 heterocycles. The number of rotatable bonds is 3. The minimum absolute atomic E-state index is 0.112. The number of aromatic nitrogens is 2. The van der Waals surface area contributed by atoms with Crippen molar-refractivity contribution in [3.05, 3.63) is 11.7 Å². The number of hydrogen-bond donors (Lipinski definition) is 1. The standard InChI is InChI=1S/C11H17N3O2/c1-6(12-2)11-13-10(14-16-11)8-5-7-3-4-9(8)15-7/h6-9,12H,3-5H2,1-2H3. The molecule has 5 nitrogen and oxygen atoms in total. The van der Waals surface area contributed by atoms with Gasteiger partial charge in [0.15, 0.2) is 5.82 Å². The second kappa shape index (κ2) is 3.82. The molecule has 1 N–H and O–H groups in total. The van der Waals surface area contributed by atoms with Crippen LogP contribution in [0.5, 0.6) is 0 Å². The monoisotopic (exact) mass is 223 g/mol. The molecule has 0 spiro atoms. The maximum atomic E-state index is 5.80. The van der Waals surface area contributed by atoms with Crippen LogP contribution in [0.25, 0.3) is 0 Å². The molecule has 1 aromatic heterocycles. The van der Waals surface area contributed by atoms with Crippen molar-refractivity contribution in [2.24, 2.45) is 0 Å². The van der Waals surface area contributed by atoms with Crippen molar-refractivity contribution in [1.82, 2.24) is 15.5 Å². The van der Waals surface area contributed by atoms with Gasteiger partial charge in [0, 0.05) is 0 Å². The van der Waals surface area contributed by atoms with Crippen molar-refractivity contribution in [2.75, 3.05) is 7.05 Å². The van der Waals surface area contributed by atoms with E-state index in [-0.39, 0.29) is 6.04 Å². The summed E-state index contributed by atoms with van der Waals surface area (Å²) in [5.74, 6) is 1.84. The zero-order valence-corrected chi connectivity index (χ0v) is 9.64. The smallest absolute Gasteiger partial charge is 0.243 e. The Hall–Kier alpha value is -0.940. The zero-order valence-electron chi connectivity index (χ0n) is 9.64. The fourth-order valence-corrected chi connectivity index (χ4v) is 2.61. The van der Waals surface area contributed by atoms with E-state index in [1.54, 1.807) is 0 Å². The lowest BCUT2D eigenvalue weighted by atomic mass is 9.89. The van der Waals surface area contributed by atoms with E-state index in [9.17, 15) is 0 Å². The maximum Gasteiger partial charge on any atom is 0.243 e. The fourth-order valence-electron chi connectivity index (χ4n) is 2.61. The molecule has 0 saturated carbocycles. The maximum absolute atomic E-state index is 5.80. The van der Waals surface area contributed by atoms with E-state index in [1.165, 1.54) is 6.42 Å². The van der Waals surface area contributed by atoms with E-state index in [0.717, 1.165) is 18.7 Å². The van der Waals surface area contributed by atoms with Crippen LogP contribution in [-0.2, 0) is 4.74 Å². The molecular weight excluding hydrogens is 206 g/mol. The Bertz CT molecular complexity index is 379. The van der Waals surface area contributed by atoms with Gasteiger partial charge >= 0.3 is 0 Å². The van der Waals surface area contributed by atoms with Crippen molar-refractivity contribution >= 4 is 0 Å². The van der Waals surface area contributed by atoms with Crippen LogP contribution in [-0.4, -0.2) is 29.4 Å². The average molecular weight is 223 g/mol. The van der Waals surface area contributed by atoms with E-state index < -0.39 is 0 Å². The lowest BCUT2D eigenvalue weighted by molar-refractivity contribution is 0.0996. The van der Waals surface area contributed by atoms with Gasteiger partial charge in [-0.25, -0.2) is 0 Å². The largest absolute Gasteiger partial charge is 0.374 e. The summed E-state index contributed by atoms with van der Waals surface area (Å²) in [6.07, 6.45) is 4.14. The third-order valence-corrected chi connectivity index (χ3v) is 3.70. The molecule has 16 heavy (non-hydrogen) atoms. The highest BCUT2D eigenvalue weighted by molar-refractivity contribution is 5.07. The van der Waals surface area contributed by atoms with Gasteiger partial charge in [-0.05, 0) is 33.2 Å². The van der Waals surface area contributed by atoms with E-state index in [1.807, 2.05) is 14.0 Å². The third kappa shape index (κ3) is 1.55. The molecule has 88 valence electrons. The van der Waals surface area contributed by atoms with Crippen LogP contribution >= 0.6 is 0 Å². The summed E-state index contributed by atoms with van der Waals surface area (Å²) in [6, 6.07) is 0.112. The first-order valence-electron chi connectivity index (χ1n) is 5.94. The van der Waals surface area contributed by atoms with Gasteiger partial charge in [-0.1, -0.05) is 5.16 Å². The first-order chi connectivity index (χ1) is 7.78. The van der Waals surface area contributed by atoms with Crippen molar-refractivity contribution < 1.29 is 9.26 Å². The summed E-state index contributed by atoms with van der Waals surface area (Å²) in [4.78, 5) is 4.46. The van der Waals surface area contributed by atoms with Crippen molar-refractivity contribution in [1.29, 1.82) is 0 Å². The molecule has 5 heteroatoms. The van der Waals surface area contributed by atoms with E-state index in [4.69, 9.17) is 9.26 Å². The topological polar surface area (TPSA) is 60.2 Å². The number of nitrogens with one attached hydrogen (secondary N) is 1. The predicted octanol–water partition coefficient (Wildman–Crippen LogP) is 1.38. The Morgan fingerprint density at radius 3 is 2.94 bits per heavy atom. The zero-order chi connectivity index (χ0) is 11.1.